The lowest BCUT2D eigenvalue weighted by molar-refractivity contribution is -0.116. The first kappa shape index (κ1) is 16.5. The summed E-state index contributed by atoms with van der Waals surface area (Å²) in [5.41, 5.74) is 1.17. The second kappa shape index (κ2) is 6.63. The lowest BCUT2D eigenvalue weighted by Gasteiger charge is -2.13. The van der Waals surface area contributed by atoms with Gasteiger partial charge in [0.15, 0.2) is 0 Å². The molecule has 0 aromatic heterocycles. The van der Waals surface area contributed by atoms with Crippen LogP contribution in [-0.2, 0) is 4.79 Å². The third kappa shape index (κ3) is 3.27. The number of amides is 3. The van der Waals surface area contributed by atoms with E-state index in [1.54, 1.807) is 30.3 Å². The minimum atomic E-state index is -0.434. The normalized spacial score (nSPS) is 13.2. The number of hydrogen-bond acceptors (Lipinski definition) is 3. The highest BCUT2D eigenvalue weighted by molar-refractivity contribution is 6.32. The van der Waals surface area contributed by atoms with Gasteiger partial charge in [-0.25, -0.2) is 0 Å². The van der Waals surface area contributed by atoms with Crippen LogP contribution in [0.4, 0.5) is 5.69 Å². The molecule has 3 amide bonds. The topological polar surface area (TPSA) is 66.5 Å². The third-order valence-corrected chi connectivity index (χ3v) is 4.11. The summed E-state index contributed by atoms with van der Waals surface area (Å²) in [6.45, 7) is 0.00336. The zero-order chi connectivity index (χ0) is 17.3. The Hall–Kier alpha value is -2.37. The quantitative estimate of drug-likeness (QED) is 0.844. The van der Waals surface area contributed by atoms with E-state index in [1.807, 2.05) is 0 Å². The molecule has 5 nitrogen and oxygen atoms in total. The highest BCUT2D eigenvalue weighted by Gasteiger charge is 2.35. The van der Waals surface area contributed by atoms with Crippen LogP contribution >= 0.6 is 23.2 Å². The van der Waals surface area contributed by atoms with Gasteiger partial charge in [0.25, 0.3) is 11.8 Å². The molecule has 1 aliphatic heterocycles. The summed E-state index contributed by atoms with van der Waals surface area (Å²) in [6.07, 6.45) is 0.00181. The van der Waals surface area contributed by atoms with Crippen molar-refractivity contribution in [3.63, 3.8) is 0 Å². The SMILES string of the molecule is O=C(CCN1C(=O)c2ccc(Cl)cc2C1=O)Nc1ccc(Cl)cc1. The van der Waals surface area contributed by atoms with Gasteiger partial charge in [0.05, 0.1) is 11.1 Å². The molecule has 1 heterocycles. The lowest BCUT2D eigenvalue weighted by Crippen LogP contribution is -2.32. The maximum atomic E-state index is 12.3. The Labute approximate surface area is 148 Å². The van der Waals surface area contributed by atoms with Crippen LogP contribution in [-0.4, -0.2) is 29.2 Å². The Morgan fingerprint density at radius 2 is 1.54 bits per heavy atom. The molecule has 0 fully saturated rings. The predicted molar refractivity (Wildman–Crippen MR) is 91.5 cm³/mol. The van der Waals surface area contributed by atoms with Gasteiger partial charge in [0, 0.05) is 28.7 Å². The molecule has 0 aliphatic carbocycles. The van der Waals surface area contributed by atoms with Crippen molar-refractivity contribution in [2.24, 2.45) is 0 Å². The van der Waals surface area contributed by atoms with Crippen LogP contribution < -0.4 is 5.32 Å². The van der Waals surface area contributed by atoms with E-state index < -0.39 is 11.8 Å². The van der Waals surface area contributed by atoms with Gasteiger partial charge < -0.3 is 5.32 Å². The number of hydrogen-bond donors (Lipinski definition) is 1. The van der Waals surface area contributed by atoms with E-state index in [0.29, 0.717) is 21.3 Å². The van der Waals surface area contributed by atoms with E-state index >= 15 is 0 Å². The maximum absolute atomic E-state index is 12.3. The van der Waals surface area contributed by atoms with E-state index in [-0.39, 0.29) is 24.4 Å². The van der Waals surface area contributed by atoms with Crippen LogP contribution in [0.3, 0.4) is 0 Å². The van der Waals surface area contributed by atoms with Crippen molar-refractivity contribution in [2.45, 2.75) is 6.42 Å². The molecular weight excluding hydrogens is 351 g/mol. The first-order chi connectivity index (χ1) is 11.5. The molecule has 122 valence electrons. The van der Waals surface area contributed by atoms with Crippen LogP contribution in [0, 0.1) is 0 Å². The summed E-state index contributed by atoms with van der Waals surface area (Å²) in [6, 6.07) is 11.2. The van der Waals surface area contributed by atoms with Crippen molar-refractivity contribution in [1.82, 2.24) is 4.90 Å². The molecule has 24 heavy (non-hydrogen) atoms. The van der Waals surface area contributed by atoms with Crippen LogP contribution in [0.25, 0.3) is 0 Å². The minimum Gasteiger partial charge on any atom is -0.326 e. The van der Waals surface area contributed by atoms with Gasteiger partial charge in [-0.1, -0.05) is 23.2 Å². The molecule has 0 spiro atoms. The van der Waals surface area contributed by atoms with Gasteiger partial charge >= 0.3 is 0 Å². The number of nitrogens with zero attached hydrogens (tertiary/aromatic N) is 1. The third-order valence-electron chi connectivity index (χ3n) is 3.62. The van der Waals surface area contributed by atoms with Crippen LogP contribution in [0.1, 0.15) is 27.1 Å². The van der Waals surface area contributed by atoms with E-state index in [9.17, 15) is 14.4 Å². The fourth-order valence-corrected chi connectivity index (χ4v) is 2.73. The summed E-state index contributed by atoms with van der Waals surface area (Å²) >= 11 is 11.6. The van der Waals surface area contributed by atoms with Gasteiger partial charge in [0.2, 0.25) is 5.91 Å². The molecule has 0 atom stereocenters. The Balaban J connectivity index is 1.63. The average Bonchev–Trinajstić information content (AvgIpc) is 2.78. The van der Waals surface area contributed by atoms with Crippen molar-refractivity contribution in [2.75, 3.05) is 11.9 Å². The number of benzene rings is 2. The second-order valence-corrected chi connectivity index (χ2v) is 6.13. The van der Waals surface area contributed by atoms with E-state index in [2.05, 4.69) is 5.32 Å². The second-order valence-electron chi connectivity index (χ2n) is 5.26. The highest BCUT2D eigenvalue weighted by Crippen LogP contribution is 2.26. The minimum absolute atomic E-state index is 0.00181. The zero-order valence-electron chi connectivity index (χ0n) is 12.4. The van der Waals surface area contributed by atoms with Crippen molar-refractivity contribution in [1.29, 1.82) is 0 Å². The number of rotatable bonds is 4. The smallest absolute Gasteiger partial charge is 0.261 e. The van der Waals surface area contributed by atoms with Crippen molar-refractivity contribution < 1.29 is 14.4 Å². The van der Waals surface area contributed by atoms with Crippen molar-refractivity contribution in [3.05, 3.63) is 63.6 Å². The summed E-state index contributed by atoms with van der Waals surface area (Å²) in [7, 11) is 0. The van der Waals surface area contributed by atoms with E-state index in [0.717, 1.165) is 4.90 Å². The molecule has 1 N–H and O–H groups in total. The average molecular weight is 363 g/mol. The lowest BCUT2D eigenvalue weighted by atomic mass is 10.1. The van der Waals surface area contributed by atoms with E-state index in [1.165, 1.54) is 12.1 Å². The number of carbonyl (C=O) groups is 3. The summed E-state index contributed by atoms with van der Waals surface area (Å²) in [5, 5.41) is 3.64. The van der Waals surface area contributed by atoms with Gasteiger partial charge in [-0.2, -0.15) is 0 Å². The molecule has 3 rings (SSSR count). The Morgan fingerprint density at radius 1 is 0.917 bits per heavy atom. The molecule has 0 saturated carbocycles. The number of anilines is 1. The molecule has 2 aromatic rings. The Morgan fingerprint density at radius 3 is 2.25 bits per heavy atom. The van der Waals surface area contributed by atoms with Gasteiger partial charge in [0.1, 0.15) is 0 Å². The van der Waals surface area contributed by atoms with Gasteiger partial charge in [-0.05, 0) is 42.5 Å². The largest absolute Gasteiger partial charge is 0.326 e. The number of halogens is 2. The predicted octanol–water partition coefficient (Wildman–Crippen LogP) is 3.62. The summed E-state index contributed by atoms with van der Waals surface area (Å²) in [4.78, 5) is 37.5. The number of fused-ring (bicyclic) bond motifs is 1. The monoisotopic (exact) mass is 362 g/mol. The summed E-state index contributed by atoms with van der Waals surface area (Å²) < 4.78 is 0. The first-order valence-corrected chi connectivity index (χ1v) is 7.92. The number of imide groups is 1. The zero-order valence-corrected chi connectivity index (χ0v) is 13.9. The number of nitrogens with one attached hydrogen (secondary N) is 1. The van der Waals surface area contributed by atoms with Crippen LogP contribution in [0.2, 0.25) is 10.0 Å². The van der Waals surface area contributed by atoms with E-state index in [4.69, 9.17) is 23.2 Å². The Bertz CT molecular complexity index is 834. The molecular formula is C17H12Cl2N2O3. The van der Waals surface area contributed by atoms with Gasteiger partial charge in [-0.3, -0.25) is 19.3 Å². The molecule has 7 heteroatoms. The molecule has 0 bridgehead atoms. The molecule has 1 aliphatic rings. The standard InChI is InChI=1S/C17H12Cl2N2O3/c18-10-1-4-12(5-2-10)20-15(22)7-8-21-16(23)13-6-3-11(19)9-14(13)17(21)24/h1-6,9H,7-8H2,(H,20,22). The van der Waals surface area contributed by atoms with Crippen LogP contribution in [0.15, 0.2) is 42.5 Å². The fraction of sp³-hybridized carbons (Fsp3) is 0.118. The van der Waals surface area contributed by atoms with Gasteiger partial charge in [-0.15, -0.1) is 0 Å². The molecule has 0 radical (unpaired) electrons. The summed E-state index contributed by atoms with van der Waals surface area (Å²) in [5.74, 6) is -1.14. The highest BCUT2D eigenvalue weighted by atomic mass is 35.5. The molecule has 2 aromatic carbocycles. The first-order valence-electron chi connectivity index (χ1n) is 7.17. The van der Waals surface area contributed by atoms with Crippen molar-refractivity contribution >= 4 is 46.6 Å². The van der Waals surface area contributed by atoms with Crippen LogP contribution in [0.5, 0.6) is 0 Å². The fourth-order valence-electron chi connectivity index (χ4n) is 2.44. The van der Waals surface area contributed by atoms with Crippen molar-refractivity contribution in [3.8, 4) is 0 Å². The molecule has 0 saturated heterocycles. The number of carbonyl (C=O) groups excluding carboxylic acids is 3. The Kier molecular flexibility index (Phi) is 4.55. The maximum Gasteiger partial charge on any atom is 0.261 e. The molecule has 0 unspecified atom stereocenters.